The van der Waals surface area contributed by atoms with Crippen LogP contribution in [0.3, 0.4) is 0 Å². The number of nitrogens with zero attached hydrogens (tertiary/aromatic N) is 2. The van der Waals surface area contributed by atoms with Crippen molar-refractivity contribution in [3.8, 4) is 0 Å². The predicted molar refractivity (Wildman–Crippen MR) is 91.3 cm³/mol. The first-order valence-corrected chi connectivity index (χ1v) is 9.47. The average Bonchev–Trinajstić information content (AvgIpc) is 3.10. The molecule has 4 heteroatoms. The van der Waals surface area contributed by atoms with Crippen LogP contribution in [0, 0.1) is 5.92 Å². The molecule has 3 unspecified atom stereocenters. The van der Waals surface area contributed by atoms with Crippen LogP contribution in [0.4, 0.5) is 5.13 Å². The summed E-state index contributed by atoms with van der Waals surface area (Å²) in [6.07, 6.45) is 8.22. The summed E-state index contributed by atoms with van der Waals surface area (Å²) in [5, 5.41) is 4.61. The van der Waals surface area contributed by atoms with Gasteiger partial charge in [-0.15, -0.1) is 11.3 Å². The largest absolute Gasteiger partial charge is 0.345 e. The van der Waals surface area contributed by atoms with E-state index in [4.69, 9.17) is 4.98 Å². The summed E-state index contributed by atoms with van der Waals surface area (Å²) < 4.78 is 0. The van der Waals surface area contributed by atoms with Crippen molar-refractivity contribution < 1.29 is 0 Å². The molecule has 1 aliphatic carbocycles. The molecule has 2 heterocycles. The molecule has 1 N–H and O–H groups in total. The van der Waals surface area contributed by atoms with Crippen LogP contribution in [0.15, 0.2) is 0 Å². The highest BCUT2D eigenvalue weighted by Crippen LogP contribution is 2.41. The van der Waals surface area contributed by atoms with Crippen LogP contribution in [0.5, 0.6) is 0 Å². The first-order chi connectivity index (χ1) is 10.2. The second kappa shape index (κ2) is 6.66. The quantitative estimate of drug-likeness (QED) is 0.886. The van der Waals surface area contributed by atoms with Gasteiger partial charge in [0.15, 0.2) is 5.13 Å². The molecule has 1 aromatic rings. The van der Waals surface area contributed by atoms with Crippen molar-refractivity contribution >= 4 is 16.5 Å². The fourth-order valence-electron chi connectivity index (χ4n) is 3.98. The van der Waals surface area contributed by atoms with Crippen molar-refractivity contribution in [1.82, 2.24) is 10.3 Å². The lowest BCUT2D eigenvalue weighted by Gasteiger charge is -2.31. The second-order valence-corrected chi connectivity index (χ2v) is 7.80. The van der Waals surface area contributed by atoms with Crippen LogP contribution in [0.25, 0.3) is 0 Å². The molecule has 2 aliphatic rings. The van der Waals surface area contributed by atoms with Crippen molar-refractivity contribution in [2.24, 2.45) is 5.92 Å². The molecule has 1 aliphatic heterocycles. The van der Waals surface area contributed by atoms with Crippen LogP contribution in [-0.4, -0.2) is 24.6 Å². The van der Waals surface area contributed by atoms with Gasteiger partial charge in [-0.05, 0) is 44.6 Å². The van der Waals surface area contributed by atoms with E-state index in [-0.39, 0.29) is 0 Å². The van der Waals surface area contributed by atoms with E-state index in [0.717, 1.165) is 18.5 Å². The van der Waals surface area contributed by atoms with Gasteiger partial charge in [-0.25, -0.2) is 4.98 Å². The molecule has 118 valence electrons. The van der Waals surface area contributed by atoms with Crippen molar-refractivity contribution in [2.75, 3.05) is 18.5 Å². The van der Waals surface area contributed by atoms with Crippen molar-refractivity contribution in [3.05, 3.63) is 10.6 Å². The highest BCUT2D eigenvalue weighted by Gasteiger charge is 2.37. The minimum absolute atomic E-state index is 0.572. The zero-order valence-electron chi connectivity index (χ0n) is 13.7. The number of aromatic nitrogens is 1. The zero-order chi connectivity index (χ0) is 14.8. The second-order valence-electron chi connectivity index (χ2n) is 6.74. The molecule has 3 atom stereocenters. The third kappa shape index (κ3) is 2.98. The van der Waals surface area contributed by atoms with E-state index in [9.17, 15) is 0 Å². The number of nitrogens with one attached hydrogen (secondary N) is 1. The first-order valence-electron chi connectivity index (χ1n) is 8.65. The lowest BCUT2D eigenvalue weighted by molar-refractivity contribution is 0.342. The molecular formula is C17H29N3S. The fraction of sp³-hybridized carbons (Fsp3) is 0.824. The van der Waals surface area contributed by atoms with Gasteiger partial charge >= 0.3 is 0 Å². The van der Waals surface area contributed by atoms with Crippen LogP contribution in [0.1, 0.15) is 68.9 Å². The first kappa shape index (κ1) is 15.3. The molecule has 0 aromatic carbocycles. The SMILES string of the molecule is CCC(C)c1nc(N2CCC3CCCCC32)sc1CNC. The van der Waals surface area contributed by atoms with Crippen LogP contribution >= 0.6 is 11.3 Å². The predicted octanol–water partition coefficient (Wildman–Crippen LogP) is 4.14. The summed E-state index contributed by atoms with van der Waals surface area (Å²) >= 11 is 1.93. The number of hydrogen-bond donors (Lipinski definition) is 1. The number of fused-ring (bicyclic) bond motifs is 1. The zero-order valence-corrected chi connectivity index (χ0v) is 14.5. The number of anilines is 1. The van der Waals surface area contributed by atoms with Crippen molar-refractivity contribution in [3.63, 3.8) is 0 Å². The van der Waals surface area contributed by atoms with Gasteiger partial charge in [0.2, 0.25) is 0 Å². The van der Waals surface area contributed by atoms with Crippen LogP contribution in [0.2, 0.25) is 0 Å². The van der Waals surface area contributed by atoms with Crippen LogP contribution < -0.4 is 10.2 Å². The van der Waals surface area contributed by atoms with E-state index in [1.807, 2.05) is 18.4 Å². The van der Waals surface area contributed by atoms with Gasteiger partial charge in [-0.2, -0.15) is 0 Å². The molecule has 1 aromatic heterocycles. The maximum atomic E-state index is 5.08. The van der Waals surface area contributed by atoms with Gasteiger partial charge in [0.1, 0.15) is 0 Å². The molecule has 1 saturated heterocycles. The average molecular weight is 308 g/mol. The Kier molecular flexibility index (Phi) is 4.85. The Morgan fingerprint density at radius 3 is 2.90 bits per heavy atom. The summed E-state index contributed by atoms with van der Waals surface area (Å²) in [5.41, 5.74) is 1.34. The Balaban J connectivity index is 1.84. The Labute approximate surface area is 133 Å². The molecule has 21 heavy (non-hydrogen) atoms. The normalized spacial score (nSPS) is 26.9. The minimum atomic E-state index is 0.572. The van der Waals surface area contributed by atoms with E-state index in [1.54, 1.807) is 0 Å². The van der Waals surface area contributed by atoms with Gasteiger partial charge in [-0.3, -0.25) is 0 Å². The summed E-state index contributed by atoms with van der Waals surface area (Å²) in [5.74, 6) is 1.51. The fourth-order valence-corrected chi connectivity index (χ4v) is 5.26. The topological polar surface area (TPSA) is 28.2 Å². The molecule has 0 amide bonds. The minimum Gasteiger partial charge on any atom is -0.345 e. The Bertz CT molecular complexity index is 471. The number of rotatable bonds is 5. The molecule has 0 spiro atoms. The van der Waals surface area contributed by atoms with E-state index in [2.05, 4.69) is 24.1 Å². The Hall–Kier alpha value is -0.610. The van der Waals surface area contributed by atoms with Gasteiger partial charge in [0.25, 0.3) is 0 Å². The highest BCUT2D eigenvalue weighted by molar-refractivity contribution is 7.15. The maximum Gasteiger partial charge on any atom is 0.186 e. The third-order valence-corrected chi connectivity index (χ3v) is 6.50. The van der Waals surface area contributed by atoms with Gasteiger partial charge < -0.3 is 10.2 Å². The van der Waals surface area contributed by atoms with Gasteiger partial charge in [0.05, 0.1) is 5.69 Å². The summed E-state index contributed by atoms with van der Waals surface area (Å²) in [6, 6.07) is 0.775. The molecule has 2 fully saturated rings. The van der Waals surface area contributed by atoms with Gasteiger partial charge in [-0.1, -0.05) is 26.7 Å². The third-order valence-electron chi connectivity index (χ3n) is 5.39. The molecule has 0 bridgehead atoms. The van der Waals surface area contributed by atoms with Crippen molar-refractivity contribution in [1.29, 1.82) is 0 Å². The standard InChI is InChI=1S/C17H29N3S/c1-4-12(2)16-15(11-18-3)21-17(19-16)20-10-9-13-7-5-6-8-14(13)20/h12-14,18H,4-11H2,1-3H3. The molecular weight excluding hydrogens is 278 g/mol. The Morgan fingerprint density at radius 1 is 1.33 bits per heavy atom. The summed E-state index contributed by atoms with van der Waals surface area (Å²) in [6.45, 7) is 6.76. The monoisotopic (exact) mass is 307 g/mol. The van der Waals surface area contributed by atoms with Crippen molar-refractivity contribution in [2.45, 2.75) is 70.9 Å². The molecule has 1 saturated carbocycles. The summed E-state index contributed by atoms with van der Waals surface area (Å²) in [4.78, 5) is 9.16. The number of hydrogen-bond acceptors (Lipinski definition) is 4. The lowest BCUT2D eigenvalue weighted by Crippen LogP contribution is -2.34. The molecule has 0 radical (unpaired) electrons. The van der Waals surface area contributed by atoms with E-state index < -0.39 is 0 Å². The van der Waals surface area contributed by atoms with E-state index in [0.29, 0.717) is 5.92 Å². The maximum absolute atomic E-state index is 5.08. The summed E-state index contributed by atoms with van der Waals surface area (Å²) in [7, 11) is 2.03. The van der Waals surface area contributed by atoms with E-state index in [1.165, 1.54) is 60.8 Å². The Morgan fingerprint density at radius 2 is 2.14 bits per heavy atom. The van der Waals surface area contributed by atoms with E-state index >= 15 is 0 Å². The smallest absolute Gasteiger partial charge is 0.186 e. The highest BCUT2D eigenvalue weighted by atomic mass is 32.1. The van der Waals surface area contributed by atoms with Crippen LogP contribution in [-0.2, 0) is 6.54 Å². The molecule has 3 nitrogen and oxygen atoms in total. The molecule has 3 rings (SSSR count). The number of thiazole rings is 1. The van der Waals surface area contributed by atoms with Gasteiger partial charge in [0, 0.05) is 24.0 Å². The lowest BCUT2D eigenvalue weighted by atomic mass is 9.85.